The number of ether oxygens (including phenoxy) is 3. The molecule has 0 radical (unpaired) electrons. The van der Waals surface area contributed by atoms with E-state index < -0.39 is 0 Å². The predicted octanol–water partition coefficient (Wildman–Crippen LogP) is 3.95. The topological polar surface area (TPSA) is 39.7 Å². The third kappa shape index (κ3) is 5.33. The van der Waals surface area contributed by atoms with Gasteiger partial charge in [-0.15, -0.1) is 23.5 Å². The fourth-order valence-corrected chi connectivity index (χ4v) is 4.79. The van der Waals surface area contributed by atoms with Crippen molar-refractivity contribution in [3.8, 4) is 11.5 Å². The van der Waals surface area contributed by atoms with Gasteiger partial charge in [0.15, 0.2) is 0 Å². The maximum atomic E-state index is 5.94. The predicted molar refractivity (Wildman–Crippen MR) is 109 cm³/mol. The molecular weight excluding hydrogens is 366 g/mol. The lowest BCUT2D eigenvalue weighted by atomic mass is 10.3. The van der Waals surface area contributed by atoms with Gasteiger partial charge in [0, 0.05) is 35.0 Å². The van der Waals surface area contributed by atoms with Crippen molar-refractivity contribution in [1.82, 2.24) is 5.32 Å². The van der Waals surface area contributed by atoms with Crippen molar-refractivity contribution in [1.29, 1.82) is 0 Å². The average Bonchev–Trinajstić information content (AvgIpc) is 2.91. The lowest BCUT2D eigenvalue weighted by Gasteiger charge is -2.21. The van der Waals surface area contributed by atoms with Crippen molar-refractivity contribution in [3.05, 3.63) is 48.5 Å². The number of hydrogen-bond acceptors (Lipinski definition) is 6. The smallest absolute Gasteiger partial charge is 0.132 e. The van der Waals surface area contributed by atoms with Crippen LogP contribution in [0.2, 0.25) is 0 Å². The van der Waals surface area contributed by atoms with Gasteiger partial charge in [-0.25, -0.2) is 0 Å². The Labute approximate surface area is 164 Å². The van der Waals surface area contributed by atoms with Crippen LogP contribution in [0.25, 0.3) is 0 Å². The normalized spacial score (nSPS) is 17.7. The minimum Gasteiger partial charge on any atom is -0.496 e. The highest BCUT2D eigenvalue weighted by atomic mass is 32.2. The van der Waals surface area contributed by atoms with Gasteiger partial charge in [-0.05, 0) is 24.3 Å². The number of rotatable bonds is 8. The largest absolute Gasteiger partial charge is 0.496 e. The minimum atomic E-state index is 0.126. The van der Waals surface area contributed by atoms with Gasteiger partial charge >= 0.3 is 0 Å². The van der Waals surface area contributed by atoms with E-state index in [1.165, 1.54) is 4.90 Å². The van der Waals surface area contributed by atoms with Crippen LogP contribution in [0.1, 0.15) is 0 Å². The van der Waals surface area contributed by atoms with E-state index in [0.717, 1.165) is 34.4 Å². The molecule has 0 aliphatic carbocycles. The second kappa shape index (κ2) is 10.1. The van der Waals surface area contributed by atoms with Crippen LogP contribution in [-0.2, 0) is 4.74 Å². The van der Waals surface area contributed by atoms with Crippen LogP contribution in [0, 0.1) is 0 Å². The Kier molecular flexibility index (Phi) is 7.55. The van der Waals surface area contributed by atoms with E-state index in [4.69, 9.17) is 14.2 Å². The summed E-state index contributed by atoms with van der Waals surface area (Å²) in [6.07, 6.45) is 0.126. The van der Waals surface area contributed by atoms with Gasteiger partial charge < -0.3 is 19.5 Å². The standard InChI is InChI=1S/C20H25NO3S2/c1-22-16(14-26-19-9-5-3-7-17(19)23-2)11-21-15-12-24-18-8-4-6-10-20(18)25-13-15/h3-10,15-16,21H,11-14H2,1-2H3/t15-,16+/m1/s1. The Balaban J connectivity index is 1.47. The zero-order valence-corrected chi connectivity index (χ0v) is 16.8. The number of hydrogen-bond donors (Lipinski definition) is 1. The summed E-state index contributed by atoms with van der Waals surface area (Å²) in [7, 11) is 3.47. The fourth-order valence-electron chi connectivity index (χ4n) is 2.66. The van der Waals surface area contributed by atoms with Gasteiger partial charge in [-0.2, -0.15) is 0 Å². The number of thioether (sulfide) groups is 2. The minimum absolute atomic E-state index is 0.126. The van der Waals surface area contributed by atoms with Crippen LogP contribution >= 0.6 is 23.5 Å². The third-order valence-electron chi connectivity index (χ3n) is 4.19. The van der Waals surface area contributed by atoms with E-state index >= 15 is 0 Å². The fraction of sp³-hybridized carbons (Fsp3) is 0.400. The number of methoxy groups -OCH3 is 2. The summed E-state index contributed by atoms with van der Waals surface area (Å²) in [5.74, 6) is 3.75. The van der Waals surface area contributed by atoms with E-state index in [1.807, 2.05) is 42.1 Å². The molecule has 0 spiro atoms. The molecule has 0 bridgehead atoms. The first-order valence-electron chi connectivity index (χ1n) is 8.66. The Morgan fingerprint density at radius 3 is 2.85 bits per heavy atom. The van der Waals surface area contributed by atoms with Gasteiger partial charge in [0.25, 0.3) is 0 Å². The molecule has 3 rings (SSSR count). The molecule has 4 nitrogen and oxygen atoms in total. The molecule has 2 aromatic carbocycles. The average molecular weight is 392 g/mol. The molecule has 1 aliphatic rings. The zero-order valence-electron chi connectivity index (χ0n) is 15.1. The lowest BCUT2D eigenvalue weighted by molar-refractivity contribution is 0.116. The summed E-state index contributed by atoms with van der Waals surface area (Å²) in [6, 6.07) is 16.6. The maximum Gasteiger partial charge on any atom is 0.132 e. The van der Waals surface area contributed by atoms with Crippen molar-refractivity contribution in [2.24, 2.45) is 0 Å². The van der Waals surface area contributed by atoms with E-state index in [1.54, 1.807) is 26.0 Å². The Morgan fingerprint density at radius 2 is 2.00 bits per heavy atom. The third-order valence-corrected chi connectivity index (χ3v) is 6.59. The number of benzene rings is 2. The van der Waals surface area contributed by atoms with Crippen LogP contribution in [0.3, 0.4) is 0 Å². The highest BCUT2D eigenvalue weighted by Crippen LogP contribution is 2.32. The summed E-state index contributed by atoms with van der Waals surface area (Å²) in [5, 5.41) is 3.60. The molecule has 1 heterocycles. The van der Waals surface area contributed by atoms with Gasteiger partial charge in [-0.3, -0.25) is 0 Å². The zero-order chi connectivity index (χ0) is 18.2. The first-order valence-corrected chi connectivity index (χ1v) is 10.6. The highest BCUT2D eigenvalue weighted by molar-refractivity contribution is 7.99. The van der Waals surface area contributed by atoms with Crippen molar-refractivity contribution < 1.29 is 14.2 Å². The Hall–Kier alpha value is -1.34. The summed E-state index contributed by atoms with van der Waals surface area (Å²) >= 11 is 3.60. The first kappa shape index (κ1) is 19.4. The van der Waals surface area contributed by atoms with E-state index in [9.17, 15) is 0 Å². The molecule has 2 atom stereocenters. The molecule has 0 aromatic heterocycles. The lowest BCUT2D eigenvalue weighted by Crippen LogP contribution is -2.41. The summed E-state index contributed by atoms with van der Waals surface area (Å²) in [4.78, 5) is 2.35. The van der Waals surface area contributed by atoms with Crippen molar-refractivity contribution in [2.75, 3.05) is 38.9 Å². The molecule has 0 unspecified atom stereocenters. The van der Waals surface area contributed by atoms with Crippen LogP contribution in [-0.4, -0.2) is 51.0 Å². The molecule has 1 aliphatic heterocycles. The van der Waals surface area contributed by atoms with E-state index in [0.29, 0.717) is 12.6 Å². The molecule has 0 saturated heterocycles. The second-order valence-electron chi connectivity index (χ2n) is 5.99. The quantitative estimate of drug-likeness (QED) is 0.687. The summed E-state index contributed by atoms with van der Waals surface area (Å²) in [5.41, 5.74) is 0. The van der Waals surface area contributed by atoms with Crippen LogP contribution < -0.4 is 14.8 Å². The monoisotopic (exact) mass is 391 g/mol. The summed E-state index contributed by atoms with van der Waals surface area (Å²) in [6.45, 7) is 1.48. The number of nitrogens with one attached hydrogen (secondary N) is 1. The molecule has 26 heavy (non-hydrogen) atoms. The molecule has 0 amide bonds. The SMILES string of the molecule is COc1ccccc1SC[C@H](CN[C@@H]1COc2ccccc2SC1)OC. The molecular formula is C20H25NO3S2. The van der Waals surface area contributed by atoms with Gasteiger partial charge in [0.2, 0.25) is 0 Å². The molecule has 0 saturated carbocycles. The van der Waals surface area contributed by atoms with Crippen LogP contribution in [0.5, 0.6) is 11.5 Å². The maximum absolute atomic E-state index is 5.94. The summed E-state index contributed by atoms with van der Waals surface area (Å²) < 4.78 is 17.0. The van der Waals surface area contributed by atoms with Gasteiger partial charge in [0.1, 0.15) is 18.1 Å². The van der Waals surface area contributed by atoms with E-state index in [2.05, 4.69) is 23.5 Å². The van der Waals surface area contributed by atoms with Crippen LogP contribution in [0.4, 0.5) is 0 Å². The Morgan fingerprint density at radius 1 is 1.19 bits per heavy atom. The molecule has 6 heteroatoms. The molecule has 140 valence electrons. The van der Waals surface area contributed by atoms with Crippen LogP contribution in [0.15, 0.2) is 58.3 Å². The highest BCUT2D eigenvalue weighted by Gasteiger charge is 2.19. The van der Waals surface area contributed by atoms with E-state index in [-0.39, 0.29) is 6.10 Å². The first-order chi connectivity index (χ1) is 12.8. The molecule has 1 N–H and O–H groups in total. The van der Waals surface area contributed by atoms with Gasteiger partial charge in [0.05, 0.1) is 19.3 Å². The Bertz CT molecular complexity index is 671. The van der Waals surface area contributed by atoms with Crippen molar-refractivity contribution >= 4 is 23.5 Å². The number of para-hydroxylation sites is 2. The van der Waals surface area contributed by atoms with Gasteiger partial charge in [-0.1, -0.05) is 24.3 Å². The molecule has 2 aromatic rings. The van der Waals surface area contributed by atoms with Crippen molar-refractivity contribution in [2.45, 2.75) is 21.9 Å². The molecule has 0 fully saturated rings. The second-order valence-corrected chi connectivity index (χ2v) is 8.12. The number of fused-ring (bicyclic) bond motifs is 1. The van der Waals surface area contributed by atoms with Crippen molar-refractivity contribution in [3.63, 3.8) is 0 Å².